The molecule has 17 heavy (non-hydrogen) atoms. The maximum Gasteiger partial charge on any atom is 0.0406 e. The summed E-state index contributed by atoms with van der Waals surface area (Å²) >= 11 is 0. The van der Waals surface area contributed by atoms with Gasteiger partial charge in [-0.05, 0) is 43.2 Å². The molecule has 94 valence electrons. The molecule has 0 aliphatic carbocycles. The Morgan fingerprint density at radius 3 is 2.59 bits per heavy atom. The number of anilines is 1. The molecule has 0 bridgehead atoms. The van der Waals surface area contributed by atoms with Crippen molar-refractivity contribution in [2.24, 2.45) is 5.41 Å². The third kappa shape index (κ3) is 2.83. The van der Waals surface area contributed by atoms with Gasteiger partial charge in [0.05, 0.1) is 0 Å². The number of benzene rings is 1. The third-order valence-corrected chi connectivity index (χ3v) is 3.72. The molecule has 1 nitrogen and oxygen atoms in total. The summed E-state index contributed by atoms with van der Waals surface area (Å²) in [5, 5.41) is 3.58. The van der Waals surface area contributed by atoms with E-state index in [1.807, 2.05) is 0 Å². The molecule has 0 amide bonds. The van der Waals surface area contributed by atoms with E-state index in [1.165, 1.54) is 29.7 Å². The highest BCUT2D eigenvalue weighted by atomic mass is 14.9. The van der Waals surface area contributed by atoms with E-state index in [0.717, 1.165) is 6.54 Å². The first kappa shape index (κ1) is 12.5. The summed E-state index contributed by atoms with van der Waals surface area (Å²) in [7, 11) is 0. The number of hydrogen-bond donors (Lipinski definition) is 1. The maximum atomic E-state index is 3.58. The molecule has 1 atom stereocenters. The number of hydrogen-bond acceptors (Lipinski definition) is 1. The van der Waals surface area contributed by atoms with E-state index < -0.39 is 0 Å². The van der Waals surface area contributed by atoms with Crippen molar-refractivity contribution >= 4 is 5.69 Å². The van der Waals surface area contributed by atoms with Gasteiger partial charge in [0.15, 0.2) is 0 Å². The number of aryl methyl sites for hydroxylation is 2. The predicted octanol–water partition coefficient (Wildman–Crippen LogP) is 4.64. The first-order valence-electron chi connectivity index (χ1n) is 6.72. The Kier molecular flexibility index (Phi) is 3.20. The van der Waals surface area contributed by atoms with E-state index >= 15 is 0 Å². The summed E-state index contributed by atoms with van der Waals surface area (Å²) in [6, 6.07) is 4.65. The molecule has 0 saturated heterocycles. The van der Waals surface area contributed by atoms with Crippen LogP contribution in [0.15, 0.2) is 12.1 Å². The summed E-state index contributed by atoms with van der Waals surface area (Å²) in [5.41, 5.74) is 6.19. The Hall–Kier alpha value is -0.980. The number of fused-ring (bicyclic) bond motifs is 1. The maximum absolute atomic E-state index is 3.58. The van der Waals surface area contributed by atoms with Crippen LogP contribution in [-0.4, -0.2) is 6.54 Å². The van der Waals surface area contributed by atoms with Gasteiger partial charge in [0.1, 0.15) is 0 Å². The molecule has 0 aromatic heterocycles. The van der Waals surface area contributed by atoms with Crippen molar-refractivity contribution in [1.29, 1.82) is 0 Å². The lowest BCUT2D eigenvalue weighted by Gasteiger charge is -2.20. The molecule has 0 radical (unpaired) electrons. The normalized spacial score (nSPS) is 19.0. The highest BCUT2D eigenvalue weighted by molar-refractivity contribution is 5.63. The second-order valence-electron chi connectivity index (χ2n) is 6.72. The van der Waals surface area contributed by atoms with Crippen LogP contribution in [0.5, 0.6) is 0 Å². The Morgan fingerprint density at radius 2 is 1.94 bits per heavy atom. The fourth-order valence-electron chi connectivity index (χ4n) is 2.76. The SMILES string of the molecule is Cc1cc(C)c2c(c1)C(CCC(C)(C)C)CN2. The standard InChI is InChI=1S/C16H25N/c1-11-8-12(2)15-14(9-11)13(10-17-15)6-7-16(3,4)5/h8-9,13,17H,6-7,10H2,1-5H3. The Labute approximate surface area is 106 Å². The second kappa shape index (κ2) is 4.36. The van der Waals surface area contributed by atoms with Crippen molar-refractivity contribution in [3.63, 3.8) is 0 Å². The van der Waals surface area contributed by atoms with Gasteiger partial charge in [0, 0.05) is 18.2 Å². The van der Waals surface area contributed by atoms with Gasteiger partial charge < -0.3 is 5.32 Å². The molecule has 2 rings (SSSR count). The van der Waals surface area contributed by atoms with Crippen LogP contribution in [0.25, 0.3) is 0 Å². The fraction of sp³-hybridized carbons (Fsp3) is 0.625. The Balaban J connectivity index is 2.16. The average Bonchev–Trinajstić information content (AvgIpc) is 2.57. The van der Waals surface area contributed by atoms with E-state index in [4.69, 9.17) is 0 Å². The van der Waals surface area contributed by atoms with E-state index in [1.54, 1.807) is 5.56 Å². The first-order chi connectivity index (χ1) is 7.87. The van der Waals surface area contributed by atoms with Crippen molar-refractivity contribution in [2.45, 2.75) is 53.4 Å². The highest BCUT2D eigenvalue weighted by Gasteiger charge is 2.25. The Morgan fingerprint density at radius 1 is 1.24 bits per heavy atom. The predicted molar refractivity (Wildman–Crippen MR) is 75.8 cm³/mol. The molecule has 1 heteroatoms. The van der Waals surface area contributed by atoms with Crippen molar-refractivity contribution in [2.75, 3.05) is 11.9 Å². The van der Waals surface area contributed by atoms with Crippen LogP contribution in [-0.2, 0) is 0 Å². The van der Waals surface area contributed by atoms with Gasteiger partial charge in [-0.2, -0.15) is 0 Å². The molecule has 0 fully saturated rings. The van der Waals surface area contributed by atoms with Crippen LogP contribution in [0, 0.1) is 19.3 Å². The average molecular weight is 231 g/mol. The van der Waals surface area contributed by atoms with Crippen LogP contribution >= 0.6 is 0 Å². The monoisotopic (exact) mass is 231 g/mol. The van der Waals surface area contributed by atoms with E-state index in [2.05, 4.69) is 52.1 Å². The van der Waals surface area contributed by atoms with Crippen LogP contribution < -0.4 is 5.32 Å². The van der Waals surface area contributed by atoms with Gasteiger partial charge >= 0.3 is 0 Å². The lowest BCUT2D eigenvalue weighted by atomic mass is 9.84. The smallest absolute Gasteiger partial charge is 0.0406 e. The fourth-order valence-corrected chi connectivity index (χ4v) is 2.76. The summed E-state index contributed by atoms with van der Waals surface area (Å²) in [4.78, 5) is 0. The molecule has 1 unspecified atom stereocenters. The molecule has 1 aliphatic heterocycles. The molecule has 1 aliphatic rings. The van der Waals surface area contributed by atoms with Gasteiger partial charge in [-0.1, -0.05) is 38.5 Å². The van der Waals surface area contributed by atoms with Gasteiger partial charge in [-0.25, -0.2) is 0 Å². The minimum atomic E-state index is 0.446. The molecule has 1 heterocycles. The van der Waals surface area contributed by atoms with Crippen molar-refractivity contribution in [3.05, 3.63) is 28.8 Å². The van der Waals surface area contributed by atoms with Crippen molar-refractivity contribution < 1.29 is 0 Å². The molecule has 0 saturated carbocycles. The van der Waals surface area contributed by atoms with Gasteiger partial charge in [-0.3, -0.25) is 0 Å². The molecule has 1 N–H and O–H groups in total. The lowest BCUT2D eigenvalue weighted by molar-refractivity contribution is 0.352. The van der Waals surface area contributed by atoms with Crippen LogP contribution in [0.3, 0.4) is 0 Å². The topological polar surface area (TPSA) is 12.0 Å². The van der Waals surface area contributed by atoms with Crippen LogP contribution in [0.1, 0.15) is 56.2 Å². The van der Waals surface area contributed by atoms with Gasteiger partial charge in [0.2, 0.25) is 0 Å². The lowest BCUT2D eigenvalue weighted by Crippen LogP contribution is -2.09. The number of rotatable bonds is 2. The Bertz CT molecular complexity index is 412. The minimum absolute atomic E-state index is 0.446. The highest BCUT2D eigenvalue weighted by Crippen LogP contribution is 2.39. The molecule has 1 aromatic carbocycles. The van der Waals surface area contributed by atoms with E-state index in [9.17, 15) is 0 Å². The van der Waals surface area contributed by atoms with Crippen LogP contribution in [0.4, 0.5) is 5.69 Å². The van der Waals surface area contributed by atoms with Crippen molar-refractivity contribution in [1.82, 2.24) is 0 Å². The molecule has 1 aromatic rings. The zero-order valence-corrected chi connectivity index (χ0v) is 11.9. The quantitative estimate of drug-likeness (QED) is 0.782. The van der Waals surface area contributed by atoms with Crippen LogP contribution in [0.2, 0.25) is 0 Å². The largest absolute Gasteiger partial charge is 0.384 e. The van der Waals surface area contributed by atoms with E-state index in [-0.39, 0.29) is 0 Å². The van der Waals surface area contributed by atoms with Gasteiger partial charge in [-0.15, -0.1) is 0 Å². The first-order valence-corrected chi connectivity index (χ1v) is 6.72. The summed E-state index contributed by atoms with van der Waals surface area (Å²) in [6.07, 6.45) is 2.60. The summed E-state index contributed by atoms with van der Waals surface area (Å²) in [6.45, 7) is 12.5. The summed E-state index contributed by atoms with van der Waals surface area (Å²) in [5.74, 6) is 0.711. The minimum Gasteiger partial charge on any atom is -0.384 e. The molecule has 0 spiro atoms. The van der Waals surface area contributed by atoms with Gasteiger partial charge in [0.25, 0.3) is 0 Å². The van der Waals surface area contributed by atoms with E-state index in [0.29, 0.717) is 11.3 Å². The zero-order valence-electron chi connectivity index (χ0n) is 11.9. The second-order valence-corrected chi connectivity index (χ2v) is 6.72. The van der Waals surface area contributed by atoms with Crippen molar-refractivity contribution in [3.8, 4) is 0 Å². The molecular weight excluding hydrogens is 206 g/mol. The molecular formula is C16H25N. The summed E-state index contributed by atoms with van der Waals surface area (Å²) < 4.78 is 0. The zero-order chi connectivity index (χ0) is 12.6. The number of nitrogens with one attached hydrogen (secondary N) is 1. The third-order valence-electron chi connectivity index (χ3n) is 3.72.